The Hall–Kier alpha value is -2.02. The molecule has 0 radical (unpaired) electrons. The summed E-state index contributed by atoms with van der Waals surface area (Å²) in [6.07, 6.45) is 1.60. The molecule has 3 rings (SSSR count). The standard InChI is InChI=1S/C18H20ClFN4O/c19-14-4-1-2-6-16(14)22-18(25)13-24-10-8-23(9-11-24)12-17-15(20)5-3-7-21-17/h1-7H,8-13H2,(H,22,25). The lowest BCUT2D eigenvalue weighted by atomic mass is 10.2. The molecule has 0 atom stereocenters. The number of benzene rings is 1. The second-order valence-corrected chi connectivity index (χ2v) is 6.42. The van der Waals surface area contributed by atoms with Crippen molar-refractivity contribution < 1.29 is 9.18 Å². The highest BCUT2D eigenvalue weighted by Crippen LogP contribution is 2.20. The monoisotopic (exact) mass is 362 g/mol. The molecular formula is C18H20ClFN4O. The van der Waals surface area contributed by atoms with Crippen molar-refractivity contribution in [2.45, 2.75) is 6.54 Å². The Kier molecular flexibility index (Phi) is 5.96. The molecule has 1 amide bonds. The summed E-state index contributed by atoms with van der Waals surface area (Å²) in [5.41, 5.74) is 1.09. The van der Waals surface area contributed by atoms with Crippen LogP contribution in [0.3, 0.4) is 0 Å². The van der Waals surface area contributed by atoms with Crippen LogP contribution in [-0.2, 0) is 11.3 Å². The maximum atomic E-state index is 13.7. The van der Waals surface area contributed by atoms with E-state index in [-0.39, 0.29) is 11.7 Å². The third-order valence-electron chi connectivity index (χ3n) is 4.19. The van der Waals surface area contributed by atoms with Gasteiger partial charge in [0.1, 0.15) is 5.82 Å². The molecule has 0 spiro atoms. The van der Waals surface area contributed by atoms with Crippen molar-refractivity contribution in [1.82, 2.24) is 14.8 Å². The zero-order valence-corrected chi connectivity index (χ0v) is 14.5. The minimum absolute atomic E-state index is 0.0858. The van der Waals surface area contributed by atoms with Gasteiger partial charge in [-0.2, -0.15) is 0 Å². The lowest BCUT2D eigenvalue weighted by molar-refractivity contribution is -0.117. The van der Waals surface area contributed by atoms with Crippen molar-refractivity contribution in [1.29, 1.82) is 0 Å². The zero-order chi connectivity index (χ0) is 17.6. The number of carbonyl (C=O) groups excluding carboxylic acids is 1. The number of pyridine rings is 1. The van der Waals surface area contributed by atoms with Gasteiger partial charge in [-0.05, 0) is 24.3 Å². The Morgan fingerprint density at radius 3 is 2.56 bits per heavy atom. The smallest absolute Gasteiger partial charge is 0.238 e. The van der Waals surface area contributed by atoms with E-state index in [1.165, 1.54) is 6.07 Å². The highest BCUT2D eigenvalue weighted by Gasteiger charge is 2.20. The number of anilines is 1. The molecular weight excluding hydrogens is 343 g/mol. The van der Waals surface area contributed by atoms with Crippen LogP contribution in [-0.4, -0.2) is 53.4 Å². The fraction of sp³-hybridized carbons (Fsp3) is 0.333. The molecule has 1 aliphatic heterocycles. The van der Waals surface area contributed by atoms with Crippen LogP contribution in [0.5, 0.6) is 0 Å². The number of para-hydroxylation sites is 1. The number of piperazine rings is 1. The molecule has 1 aromatic carbocycles. The molecule has 1 aliphatic rings. The van der Waals surface area contributed by atoms with E-state index in [4.69, 9.17) is 11.6 Å². The van der Waals surface area contributed by atoms with Gasteiger partial charge in [0.25, 0.3) is 0 Å². The van der Waals surface area contributed by atoms with E-state index in [1.807, 2.05) is 12.1 Å². The molecule has 2 aromatic rings. The maximum Gasteiger partial charge on any atom is 0.238 e. The number of hydrogen-bond acceptors (Lipinski definition) is 4. The minimum Gasteiger partial charge on any atom is -0.324 e. The molecule has 0 unspecified atom stereocenters. The molecule has 7 heteroatoms. The Morgan fingerprint density at radius 1 is 1.12 bits per heavy atom. The second-order valence-electron chi connectivity index (χ2n) is 6.01. The highest BCUT2D eigenvalue weighted by atomic mass is 35.5. The van der Waals surface area contributed by atoms with E-state index in [0.29, 0.717) is 29.5 Å². The van der Waals surface area contributed by atoms with Crippen LogP contribution in [0.2, 0.25) is 5.02 Å². The van der Waals surface area contributed by atoms with Gasteiger partial charge in [0.2, 0.25) is 5.91 Å². The molecule has 2 heterocycles. The Morgan fingerprint density at radius 2 is 1.84 bits per heavy atom. The number of aromatic nitrogens is 1. The summed E-state index contributed by atoms with van der Waals surface area (Å²) in [7, 11) is 0. The van der Waals surface area contributed by atoms with Crippen LogP contribution in [0.15, 0.2) is 42.6 Å². The van der Waals surface area contributed by atoms with Crippen LogP contribution in [0.4, 0.5) is 10.1 Å². The second kappa shape index (κ2) is 8.38. The van der Waals surface area contributed by atoms with Crippen LogP contribution in [0.1, 0.15) is 5.69 Å². The van der Waals surface area contributed by atoms with Gasteiger partial charge >= 0.3 is 0 Å². The number of carbonyl (C=O) groups is 1. The SMILES string of the molecule is O=C(CN1CCN(Cc2ncccc2F)CC1)Nc1ccccc1Cl. The highest BCUT2D eigenvalue weighted by molar-refractivity contribution is 6.33. The summed E-state index contributed by atoms with van der Waals surface area (Å²) in [6.45, 7) is 3.86. The average Bonchev–Trinajstić information content (AvgIpc) is 2.61. The summed E-state index contributed by atoms with van der Waals surface area (Å²) in [4.78, 5) is 20.5. The predicted molar refractivity (Wildman–Crippen MR) is 96.0 cm³/mol. The molecule has 5 nitrogen and oxygen atoms in total. The minimum atomic E-state index is -0.274. The van der Waals surface area contributed by atoms with Crippen LogP contribution >= 0.6 is 11.6 Å². The first kappa shape index (κ1) is 17.8. The summed E-state index contributed by atoms with van der Waals surface area (Å²) in [5.74, 6) is -0.360. The number of amides is 1. The number of nitrogens with one attached hydrogen (secondary N) is 1. The largest absolute Gasteiger partial charge is 0.324 e. The topological polar surface area (TPSA) is 48.5 Å². The van der Waals surface area contributed by atoms with Gasteiger partial charge in [0, 0.05) is 38.9 Å². The Balaban J connectivity index is 1.45. The molecule has 0 saturated carbocycles. The quantitative estimate of drug-likeness (QED) is 0.888. The predicted octanol–water partition coefficient (Wildman–Crippen LogP) is 2.63. The summed E-state index contributed by atoms with van der Waals surface area (Å²) < 4.78 is 13.7. The fourth-order valence-corrected chi connectivity index (χ4v) is 2.99. The molecule has 1 fully saturated rings. The maximum absolute atomic E-state index is 13.7. The van der Waals surface area contributed by atoms with Crippen molar-refractivity contribution in [2.24, 2.45) is 0 Å². The van der Waals surface area contributed by atoms with E-state index in [0.717, 1.165) is 26.2 Å². The van der Waals surface area contributed by atoms with E-state index in [2.05, 4.69) is 20.1 Å². The molecule has 1 saturated heterocycles. The van der Waals surface area contributed by atoms with E-state index in [9.17, 15) is 9.18 Å². The van der Waals surface area contributed by atoms with Gasteiger partial charge in [0.05, 0.1) is 22.9 Å². The molecule has 0 bridgehead atoms. The summed E-state index contributed by atoms with van der Waals surface area (Å²) in [6, 6.07) is 10.2. The van der Waals surface area contributed by atoms with Gasteiger partial charge < -0.3 is 5.32 Å². The van der Waals surface area contributed by atoms with Gasteiger partial charge in [0.15, 0.2) is 0 Å². The van der Waals surface area contributed by atoms with Gasteiger partial charge in [-0.25, -0.2) is 4.39 Å². The van der Waals surface area contributed by atoms with E-state index >= 15 is 0 Å². The molecule has 1 N–H and O–H groups in total. The van der Waals surface area contributed by atoms with Crippen molar-refractivity contribution in [3.8, 4) is 0 Å². The van der Waals surface area contributed by atoms with Gasteiger partial charge in [-0.3, -0.25) is 19.6 Å². The Bertz CT molecular complexity index is 735. The van der Waals surface area contributed by atoms with Crippen LogP contribution < -0.4 is 5.32 Å². The number of nitrogens with zero attached hydrogens (tertiary/aromatic N) is 3. The first-order chi connectivity index (χ1) is 12.1. The fourth-order valence-electron chi connectivity index (χ4n) is 2.81. The van der Waals surface area contributed by atoms with Crippen molar-refractivity contribution in [3.63, 3.8) is 0 Å². The van der Waals surface area contributed by atoms with Crippen molar-refractivity contribution in [3.05, 3.63) is 59.1 Å². The zero-order valence-electron chi connectivity index (χ0n) is 13.8. The average molecular weight is 363 g/mol. The third kappa shape index (κ3) is 4.98. The molecule has 0 aliphatic carbocycles. The summed E-state index contributed by atoms with van der Waals surface area (Å²) in [5, 5.41) is 3.36. The number of rotatable bonds is 5. The van der Waals surface area contributed by atoms with Crippen LogP contribution in [0, 0.1) is 5.82 Å². The molecule has 132 valence electrons. The van der Waals surface area contributed by atoms with E-state index in [1.54, 1.807) is 24.4 Å². The van der Waals surface area contributed by atoms with Gasteiger partial charge in [-0.15, -0.1) is 0 Å². The van der Waals surface area contributed by atoms with Gasteiger partial charge in [-0.1, -0.05) is 23.7 Å². The Labute approximate surface area is 151 Å². The number of halogens is 2. The normalized spacial score (nSPS) is 15.9. The van der Waals surface area contributed by atoms with Crippen molar-refractivity contribution in [2.75, 3.05) is 38.0 Å². The molecule has 25 heavy (non-hydrogen) atoms. The summed E-state index contributed by atoms with van der Waals surface area (Å²) >= 11 is 6.05. The first-order valence-electron chi connectivity index (χ1n) is 8.20. The molecule has 1 aromatic heterocycles. The van der Waals surface area contributed by atoms with Crippen molar-refractivity contribution >= 4 is 23.2 Å². The van der Waals surface area contributed by atoms with E-state index < -0.39 is 0 Å². The van der Waals surface area contributed by atoms with Crippen LogP contribution in [0.25, 0.3) is 0 Å². The number of hydrogen-bond donors (Lipinski definition) is 1. The lowest BCUT2D eigenvalue weighted by Gasteiger charge is -2.34. The first-order valence-corrected chi connectivity index (χ1v) is 8.58. The lowest BCUT2D eigenvalue weighted by Crippen LogP contribution is -2.48. The third-order valence-corrected chi connectivity index (χ3v) is 4.52.